The lowest BCUT2D eigenvalue weighted by Gasteiger charge is -2.08. The number of hydrogen-bond acceptors (Lipinski definition) is 4. The van der Waals surface area contributed by atoms with Crippen molar-refractivity contribution in [1.82, 2.24) is 4.98 Å². The van der Waals surface area contributed by atoms with Gasteiger partial charge in [0.2, 0.25) is 10.0 Å². The number of primary sulfonamides is 1. The van der Waals surface area contributed by atoms with Gasteiger partial charge in [-0.05, 0) is 28.7 Å². The Morgan fingerprint density at radius 3 is 2.50 bits per heavy atom. The van der Waals surface area contributed by atoms with Crippen molar-refractivity contribution in [3.63, 3.8) is 0 Å². The van der Waals surface area contributed by atoms with Gasteiger partial charge in [-0.1, -0.05) is 0 Å². The van der Waals surface area contributed by atoms with E-state index in [0.29, 0.717) is 6.07 Å². The van der Waals surface area contributed by atoms with Gasteiger partial charge in [-0.25, -0.2) is 27.3 Å². The van der Waals surface area contributed by atoms with Crippen LogP contribution in [0.15, 0.2) is 11.0 Å². The summed E-state index contributed by atoms with van der Waals surface area (Å²) >= 11 is 1.44. The molecule has 5 nitrogen and oxygen atoms in total. The lowest BCUT2D eigenvalue weighted by molar-refractivity contribution is 0.147. The molecule has 9 heteroatoms. The van der Waals surface area contributed by atoms with Crippen LogP contribution in [-0.4, -0.2) is 13.4 Å². The molecule has 0 saturated carbocycles. The Morgan fingerprint density at radius 2 is 2.12 bits per heavy atom. The van der Waals surface area contributed by atoms with Crippen molar-refractivity contribution in [1.29, 1.82) is 5.26 Å². The largest absolute Gasteiger partial charge is 0.265 e. The first-order valence-electron chi connectivity index (χ1n) is 3.69. The Labute approximate surface area is 103 Å². The van der Waals surface area contributed by atoms with Crippen molar-refractivity contribution < 1.29 is 17.2 Å². The summed E-state index contributed by atoms with van der Waals surface area (Å²) in [5.41, 5.74) is -1.09. The van der Waals surface area contributed by atoms with Crippen molar-refractivity contribution in [2.45, 2.75) is 11.3 Å². The minimum atomic E-state index is -4.29. The first kappa shape index (κ1) is 13.2. The van der Waals surface area contributed by atoms with Crippen molar-refractivity contribution >= 4 is 32.6 Å². The van der Waals surface area contributed by atoms with Gasteiger partial charge >= 0.3 is 0 Å². The summed E-state index contributed by atoms with van der Waals surface area (Å²) in [6, 6.07) is 2.27. The van der Waals surface area contributed by atoms with Crippen LogP contribution in [0.5, 0.6) is 0 Å². The van der Waals surface area contributed by atoms with Gasteiger partial charge in [0.15, 0.2) is 0 Å². The predicted molar refractivity (Wildman–Crippen MR) is 58.0 cm³/mol. The average Bonchev–Trinajstić information content (AvgIpc) is 2.14. The van der Waals surface area contributed by atoms with Crippen LogP contribution < -0.4 is 5.14 Å². The number of nitriles is 1. The summed E-state index contributed by atoms with van der Waals surface area (Å²) in [5.74, 6) is 0. The van der Waals surface area contributed by atoms with E-state index in [2.05, 4.69) is 4.98 Å². The third-order valence-electron chi connectivity index (χ3n) is 1.59. The molecule has 0 aliphatic carbocycles. The summed E-state index contributed by atoms with van der Waals surface area (Å²) in [4.78, 5) is 2.80. The number of sulfonamides is 1. The standard InChI is InChI=1S/C7H4F2IN3O2S/c8-6(9)4-1-3(2-11)13-7(10)5(4)16(12,14)15/h1,6H,(H2,12,14,15). The van der Waals surface area contributed by atoms with E-state index in [4.69, 9.17) is 10.4 Å². The number of pyridine rings is 1. The van der Waals surface area contributed by atoms with Gasteiger partial charge in [-0.15, -0.1) is 0 Å². The van der Waals surface area contributed by atoms with E-state index in [1.54, 1.807) is 6.07 Å². The molecule has 1 rings (SSSR count). The van der Waals surface area contributed by atoms with Gasteiger partial charge in [0.1, 0.15) is 20.4 Å². The van der Waals surface area contributed by atoms with E-state index in [0.717, 1.165) is 0 Å². The summed E-state index contributed by atoms with van der Waals surface area (Å²) in [5, 5.41) is 13.3. The molecule has 0 aromatic carbocycles. The fourth-order valence-corrected chi connectivity index (χ4v) is 3.27. The van der Waals surface area contributed by atoms with Crippen molar-refractivity contribution in [3.8, 4) is 6.07 Å². The smallest absolute Gasteiger partial charge is 0.230 e. The zero-order valence-electron chi connectivity index (χ0n) is 7.49. The molecule has 2 N–H and O–H groups in total. The van der Waals surface area contributed by atoms with E-state index < -0.39 is 26.9 Å². The molecule has 0 aliphatic heterocycles. The zero-order chi connectivity index (χ0) is 12.5. The van der Waals surface area contributed by atoms with Crippen molar-refractivity contribution in [2.75, 3.05) is 0 Å². The number of nitrogens with two attached hydrogens (primary N) is 1. The molecule has 0 saturated heterocycles. The second-order valence-corrected chi connectivity index (χ2v) is 5.19. The Morgan fingerprint density at radius 1 is 1.56 bits per heavy atom. The maximum atomic E-state index is 12.6. The van der Waals surface area contributed by atoms with Crippen molar-refractivity contribution in [2.24, 2.45) is 5.14 Å². The third-order valence-corrected chi connectivity index (χ3v) is 3.74. The number of hydrogen-bond donors (Lipinski definition) is 1. The molecule has 0 atom stereocenters. The number of nitrogens with zero attached hydrogens (tertiary/aromatic N) is 2. The highest BCUT2D eigenvalue weighted by Crippen LogP contribution is 2.29. The second kappa shape index (κ2) is 4.56. The molecule has 86 valence electrons. The average molecular weight is 359 g/mol. The molecule has 0 aliphatic rings. The van der Waals surface area contributed by atoms with E-state index in [9.17, 15) is 17.2 Å². The highest BCUT2D eigenvalue weighted by atomic mass is 127. The fourth-order valence-electron chi connectivity index (χ4n) is 1.02. The molecule has 0 bridgehead atoms. The van der Waals surface area contributed by atoms with Gasteiger partial charge in [0, 0.05) is 5.56 Å². The lowest BCUT2D eigenvalue weighted by atomic mass is 10.2. The monoisotopic (exact) mass is 359 g/mol. The van der Waals surface area contributed by atoms with Gasteiger partial charge < -0.3 is 0 Å². The van der Waals surface area contributed by atoms with Crippen molar-refractivity contribution in [3.05, 3.63) is 21.0 Å². The molecule has 0 spiro atoms. The predicted octanol–water partition coefficient (Wildman–Crippen LogP) is 1.14. The maximum absolute atomic E-state index is 12.6. The molecule has 16 heavy (non-hydrogen) atoms. The van der Waals surface area contributed by atoms with Crippen LogP contribution in [0.25, 0.3) is 0 Å². The van der Waals surface area contributed by atoms with Gasteiger partial charge in [0.05, 0.1) is 0 Å². The number of aromatic nitrogens is 1. The van der Waals surface area contributed by atoms with E-state index in [-0.39, 0.29) is 9.39 Å². The number of alkyl halides is 2. The Balaban J connectivity index is 3.68. The molecule has 0 amide bonds. The number of rotatable bonds is 2. The summed E-state index contributed by atoms with van der Waals surface area (Å²) in [7, 11) is -4.29. The summed E-state index contributed by atoms with van der Waals surface area (Å²) in [6.45, 7) is 0. The number of halogens is 3. The van der Waals surface area contributed by atoms with Crippen LogP contribution >= 0.6 is 22.6 Å². The first-order chi connectivity index (χ1) is 7.27. The third kappa shape index (κ3) is 2.63. The molecular weight excluding hydrogens is 355 g/mol. The molecule has 1 heterocycles. The van der Waals surface area contributed by atoms with Gasteiger partial charge in [-0.2, -0.15) is 5.26 Å². The Hall–Kier alpha value is -0.860. The highest BCUT2D eigenvalue weighted by Gasteiger charge is 2.25. The van der Waals surface area contributed by atoms with Crippen LogP contribution in [0.1, 0.15) is 17.7 Å². The molecule has 0 unspecified atom stereocenters. The van der Waals surface area contributed by atoms with Gasteiger partial charge in [-0.3, -0.25) is 0 Å². The van der Waals surface area contributed by atoms with Crippen LogP contribution in [0.3, 0.4) is 0 Å². The molecule has 1 aromatic heterocycles. The van der Waals surface area contributed by atoms with E-state index in [1.165, 1.54) is 22.6 Å². The minimum absolute atomic E-state index is 0.241. The highest BCUT2D eigenvalue weighted by molar-refractivity contribution is 14.1. The Bertz CT molecular complexity index is 568. The minimum Gasteiger partial charge on any atom is -0.230 e. The van der Waals surface area contributed by atoms with Gasteiger partial charge in [0.25, 0.3) is 6.43 Å². The topological polar surface area (TPSA) is 96.8 Å². The fraction of sp³-hybridized carbons (Fsp3) is 0.143. The molecular formula is C7H4F2IN3O2S. The summed E-state index contributed by atoms with van der Waals surface area (Å²) in [6.07, 6.45) is -3.04. The Kier molecular flexibility index (Phi) is 3.76. The normalized spacial score (nSPS) is 11.5. The SMILES string of the molecule is N#Cc1cc(C(F)F)c(S(N)(=O)=O)c(I)n1. The zero-order valence-corrected chi connectivity index (χ0v) is 10.5. The first-order valence-corrected chi connectivity index (χ1v) is 6.31. The second-order valence-electron chi connectivity index (χ2n) is 2.67. The lowest BCUT2D eigenvalue weighted by Crippen LogP contribution is -2.18. The maximum Gasteiger partial charge on any atom is 0.265 e. The quantitative estimate of drug-likeness (QED) is 0.633. The molecule has 0 radical (unpaired) electrons. The van der Waals surface area contributed by atoms with E-state index in [1.807, 2.05) is 0 Å². The van der Waals surface area contributed by atoms with Crippen LogP contribution in [0.4, 0.5) is 8.78 Å². The molecule has 0 fully saturated rings. The molecule has 1 aromatic rings. The van der Waals surface area contributed by atoms with Crippen LogP contribution in [-0.2, 0) is 10.0 Å². The van der Waals surface area contributed by atoms with Crippen LogP contribution in [0, 0.1) is 15.0 Å². The summed E-state index contributed by atoms with van der Waals surface area (Å²) < 4.78 is 47.1. The van der Waals surface area contributed by atoms with E-state index >= 15 is 0 Å². The van der Waals surface area contributed by atoms with Crippen LogP contribution in [0.2, 0.25) is 0 Å².